The van der Waals surface area contributed by atoms with Crippen LogP contribution in [0.15, 0.2) is 67.7 Å². The number of H-pyrrole nitrogens is 2. The Hall–Kier alpha value is -4.46. The zero-order chi connectivity index (χ0) is 30.3. The van der Waals surface area contributed by atoms with E-state index in [1.807, 2.05) is 0 Å². The van der Waals surface area contributed by atoms with Gasteiger partial charge in [-0.2, -0.15) is 13.2 Å². The second-order valence-corrected chi connectivity index (χ2v) is 9.82. The van der Waals surface area contributed by atoms with Crippen molar-refractivity contribution in [1.82, 2.24) is 29.3 Å². The van der Waals surface area contributed by atoms with Crippen LogP contribution in [0, 0.1) is 0 Å². The first-order valence-electron chi connectivity index (χ1n) is 13.6. The third kappa shape index (κ3) is 7.24. The smallest absolute Gasteiger partial charge is 0.335 e. The predicted molar refractivity (Wildman–Crippen MR) is 152 cm³/mol. The van der Waals surface area contributed by atoms with Crippen molar-refractivity contribution in [2.24, 2.45) is 0 Å². The molecular formula is C28H31F3N6O5. The van der Waals surface area contributed by atoms with Crippen LogP contribution >= 0.6 is 0 Å². The molecule has 2 aromatic carbocycles. The van der Waals surface area contributed by atoms with Gasteiger partial charge in [0.05, 0.1) is 21.8 Å². The van der Waals surface area contributed by atoms with Crippen molar-refractivity contribution in [2.45, 2.75) is 44.9 Å². The Morgan fingerprint density at radius 2 is 1.19 bits per heavy atom. The lowest BCUT2D eigenvalue weighted by atomic mass is 10.2. The number of alkyl halides is 3. The van der Waals surface area contributed by atoms with Crippen LogP contribution in [0.3, 0.4) is 0 Å². The first kappa shape index (κ1) is 30.5. The van der Waals surface area contributed by atoms with Crippen molar-refractivity contribution in [3.63, 3.8) is 0 Å². The molecule has 42 heavy (non-hydrogen) atoms. The molecule has 0 spiro atoms. The van der Waals surface area contributed by atoms with Crippen LogP contribution in [0.25, 0.3) is 21.8 Å². The minimum absolute atomic E-state index is 0.0192. The zero-order valence-corrected chi connectivity index (χ0v) is 22.7. The Morgan fingerprint density at radius 1 is 0.714 bits per heavy atom. The van der Waals surface area contributed by atoms with Gasteiger partial charge in [-0.15, -0.1) is 0 Å². The molecular weight excluding hydrogens is 557 g/mol. The molecule has 2 aromatic heterocycles. The first-order valence-corrected chi connectivity index (χ1v) is 13.6. The average molecular weight is 589 g/mol. The number of para-hydroxylation sites is 2. The standard InChI is InChI=1S/C28H31F3N6O5/c29-28(30,31)25(40)35(16-8-18-37-24(39)20-10-2-4-12-22(20)34-27(37)42)15-6-5-13-32-14-7-17-36-23(38)19-9-1-3-11-21(19)33-26(36)41/h1-4,9-12,32H,5-8,13-18H2,(H,33,41)(H,34,42). The molecule has 11 nitrogen and oxygen atoms in total. The van der Waals surface area contributed by atoms with Gasteiger partial charge in [-0.1, -0.05) is 24.3 Å². The number of benzene rings is 2. The molecule has 0 aliphatic rings. The summed E-state index contributed by atoms with van der Waals surface area (Å²) in [5.74, 6) is -1.97. The van der Waals surface area contributed by atoms with Crippen LogP contribution in [-0.4, -0.2) is 62.3 Å². The highest BCUT2D eigenvalue weighted by molar-refractivity contribution is 5.82. The normalized spacial score (nSPS) is 11.8. The SMILES string of the molecule is O=C(N(CCCCNCCCn1c(=O)[nH]c2ccccc2c1=O)CCCn1c(=O)[nH]c2ccccc2c1=O)C(F)(F)F. The highest BCUT2D eigenvalue weighted by Gasteiger charge is 2.42. The van der Waals surface area contributed by atoms with E-state index < -0.39 is 29.0 Å². The Morgan fingerprint density at radius 3 is 1.74 bits per heavy atom. The number of nitrogens with zero attached hydrogens (tertiary/aromatic N) is 3. The van der Waals surface area contributed by atoms with Crippen molar-refractivity contribution in [3.05, 3.63) is 90.2 Å². The second kappa shape index (κ2) is 13.5. The number of rotatable bonds is 13. The van der Waals surface area contributed by atoms with E-state index in [1.54, 1.807) is 48.5 Å². The van der Waals surface area contributed by atoms with Gasteiger partial charge >= 0.3 is 23.5 Å². The van der Waals surface area contributed by atoms with Crippen LogP contribution in [-0.2, 0) is 17.9 Å². The molecule has 0 saturated carbocycles. The van der Waals surface area contributed by atoms with Gasteiger partial charge in [0, 0.05) is 26.2 Å². The predicted octanol–water partition coefficient (Wildman–Crippen LogP) is 1.93. The van der Waals surface area contributed by atoms with Crippen molar-refractivity contribution in [1.29, 1.82) is 0 Å². The van der Waals surface area contributed by atoms with E-state index in [9.17, 15) is 37.1 Å². The van der Waals surface area contributed by atoms with E-state index >= 15 is 0 Å². The van der Waals surface area contributed by atoms with E-state index in [4.69, 9.17) is 0 Å². The minimum Gasteiger partial charge on any atom is -0.335 e. The lowest BCUT2D eigenvalue weighted by Crippen LogP contribution is -2.43. The fraction of sp³-hybridized carbons (Fsp3) is 0.393. The van der Waals surface area contributed by atoms with Crippen LogP contribution in [0.4, 0.5) is 13.2 Å². The molecule has 0 radical (unpaired) electrons. The fourth-order valence-corrected chi connectivity index (χ4v) is 4.76. The first-order chi connectivity index (χ1) is 20.1. The summed E-state index contributed by atoms with van der Waals surface area (Å²) in [5.41, 5.74) is -1.27. The fourth-order valence-electron chi connectivity index (χ4n) is 4.76. The van der Waals surface area contributed by atoms with E-state index in [-0.39, 0.29) is 50.0 Å². The molecule has 14 heteroatoms. The van der Waals surface area contributed by atoms with Gasteiger partial charge in [-0.3, -0.25) is 23.5 Å². The summed E-state index contributed by atoms with van der Waals surface area (Å²) in [6, 6.07) is 13.1. The third-order valence-corrected chi connectivity index (χ3v) is 6.89. The summed E-state index contributed by atoms with van der Waals surface area (Å²) in [5, 5.41) is 3.82. The number of fused-ring (bicyclic) bond motifs is 2. The highest BCUT2D eigenvalue weighted by Crippen LogP contribution is 2.19. The summed E-state index contributed by atoms with van der Waals surface area (Å²) >= 11 is 0. The van der Waals surface area contributed by atoms with Crippen LogP contribution < -0.4 is 27.8 Å². The maximum Gasteiger partial charge on any atom is 0.471 e. The quantitative estimate of drug-likeness (QED) is 0.204. The van der Waals surface area contributed by atoms with E-state index in [0.717, 1.165) is 9.13 Å². The van der Waals surface area contributed by atoms with Crippen molar-refractivity contribution < 1.29 is 18.0 Å². The number of carbonyl (C=O) groups is 1. The summed E-state index contributed by atoms with van der Waals surface area (Å²) < 4.78 is 41.6. The molecule has 4 aromatic rings. The summed E-state index contributed by atoms with van der Waals surface area (Å²) in [7, 11) is 0. The zero-order valence-electron chi connectivity index (χ0n) is 22.7. The van der Waals surface area contributed by atoms with Gasteiger partial charge in [0.1, 0.15) is 0 Å². The third-order valence-electron chi connectivity index (χ3n) is 6.89. The van der Waals surface area contributed by atoms with Gasteiger partial charge in [0.25, 0.3) is 11.1 Å². The van der Waals surface area contributed by atoms with Gasteiger partial charge in [0.15, 0.2) is 0 Å². The summed E-state index contributed by atoms with van der Waals surface area (Å²) in [4.78, 5) is 67.7. The maximum atomic E-state index is 13.2. The van der Waals surface area contributed by atoms with Crippen molar-refractivity contribution in [2.75, 3.05) is 26.2 Å². The molecule has 0 atom stereocenters. The van der Waals surface area contributed by atoms with Crippen molar-refractivity contribution >= 4 is 27.7 Å². The van der Waals surface area contributed by atoms with Gasteiger partial charge < -0.3 is 20.2 Å². The number of aromatic amines is 2. The van der Waals surface area contributed by atoms with Gasteiger partial charge in [-0.05, 0) is 63.0 Å². The minimum atomic E-state index is -5.05. The number of halogens is 3. The molecule has 0 saturated heterocycles. The number of carbonyl (C=O) groups excluding carboxylic acids is 1. The van der Waals surface area contributed by atoms with Crippen LogP contribution in [0.2, 0.25) is 0 Å². The average Bonchev–Trinajstić information content (AvgIpc) is 2.95. The molecule has 1 amide bonds. The Balaban J connectivity index is 1.23. The van der Waals surface area contributed by atoms with Gasteiger partial charge in [0.2, 0.25) is 0 Å². The molecule has 0 unspecified atom stereocenters. The lowest BCUT2D eigenvalue weighted by molar-refractivity contribution is -0.185. The van der Waals surface area contributed by atoms with Crippen LogP contribution in [0.5, 0.6) is 0 Å². The van der Waals surface area contributed by atoms with Gasteiger partial charge in [-0.25, -0.2) is 9.59 Å². The molecule has 0 bridgehead atoms. The number of aromatic nitrogens is 4. The number of unbranched alkanes of at least 4 members (excludes halogenated alkanes) is 1. The molecule has 2 heterocycles. The van der Waals surface area contributed by atoms with E-state index in [1.165, 1.54) is 0 Å². The molecule has 0 aliphatic carbocycles. The Bertz CT molecular complexity index is 1790. The number of hydrogen-bond acceptors (Lipinski definition) is 6. The lowest BCUT2D eigenvalue weighted by Gasteiger charge is -2.24. The number of amides is 1. The maximum absolute atomic E-state index is 13.2. The molecule has 0 fully saturated rings. The highest BCUT2D eigenvalue weighted by atomic mass is 19.4. The largest absolute Gasteiger partial charge is 0.471 e. The van der Waals surface area contributed by atoms with E-state index in [0.29, 0.717) is 47.3 Å². The number of nitrogens with one attached hydrogen (secondary N) is 3. The van der Waals surface area contributed by atoms with Crippen molar-refractivity contribution in [3.8, 4) is 0 Å². The Labute approximate surface area is 236 Å². The topological polar surface area (TPSA) is 142 Å². The second-order valence-electron chi connectivity index (χ2n) is 9.82. The number of hydrogen-bond donors (Lipinski definition) is 3. The summed E-state index contributed by atoms with van der Waals surface area (Å²) in [6.45, 7) is 0.552. The molecule has 224 valence electrons. The monoisotopic (exact) mass is 588 g/mol. The summed E-state index contributed by atoms with van der Waals surface area (Å²) in [6.07, 6.45) is -3.83. The molecule has 0 aliphatic heterocycles. The van der Waals surface area contributed by atoms with E-state index in [2.05, 4.69) is 15.3 Å². The molecule has 3 N–H and O–H groups in total. The van der Waals surface area contributed by atoms with Crippen LogP contribution in [0.1, 0.15) is 25.7 Å². The Kier molecular flexibility index (Phi) is 9.78. The molecule has 4 rings (SSSR count).